The molecule has 0 aliphatic heterocycles. The van der Waals surface area contributed by atoms with E-state index in [1.165, 1.54) is 6.33 Å². The Bertz CT molecular complexity index is 586. The smallest absolute Gasteiger partial charge is 0.252 e. The second-order valence-electron chi connectivity index (χ2n) is 3.57. The summed E-state index contributed by atoms with van der Waals surface area (Å²) in [6.07, 6.45) is 1.52. The third kappa shape index (κ3) is 2.40. The van der Waals surface area contributed by atoms with Gasteiger partial charge in [-0.25, -0.2) is 9.67 Å². The second-order valence-corrected chi connectivity index (χ2v) is 3.57. The molecule has 92 valence electrons. The Kier molecular flexibility index (Phi) is 3.44. The van der Waals surface area contributed by atoms with Gasteiger partial charge in [0.05, 0.1) is 20.8 Å². The standard InChI is InChI=1S/C12H12N4O2/c1-17-10-4-3-9(5-11(10)18-2)7-16-8-14-12(6-13)15-16/h3-5,8H,7H2,1-2H3. The Balaban J connectivity index is 2.21. The van der Waals surface area contributed by atoms with E-state index in [9.17, 15) is 0 Å². The number of hydrogen-bond donors (Lipinski definition) is 0. The molecule has 0 amide bonds. The summed E-state index contributed by atoms with van der Waals surface area (Å²) in [5.41, 5.74) is 0.988. The number of ether oxygens (including phenoxy) is 2. The van der Waals surface area contributed by atoms with Crippen molar-refractivity contribution >= 4 is 0 Å². The summed E-state index contributed by atoms with van der Waals surface area (Å²) in [5, 5.41) is 12.6. The van der Waals surface area contributed by atoms with Gasteiger partial charge in [0.2, 0.25) is 0 Å². The largest absolute Gasteiger partial charge is 0.493 e. The first-order chi connectivity index (χ1) is 8.76. The lowest BCUT2D eigenvalue weighted by atomic mass is 10.2. The first-order valence-electron chi connectivity index (χ1n) is 5.27. The SMILES string of the molecule is COc1ccc(Cn2cnc(C#N)n2)cc1OC. The normalized spacial score (nSPS) is 9.83. The van der Waals surface area contributed by atoms with Gasteiger partial charge in [-0.05, 0) is 17.7 Å². The molecule has 0 fully saturated rings. The maximum atomic E-state index is 8.64. The Morgan fingerprint density at radius 3 is 2.67 bits per heavy atom. The molecule has 0 unspecified atom stereocenters. The molecule has 1 aromatic heterocycles. The highest BCUT2D eigenvalue weighted by Crippen LogP contribution is 2.27. The fraction of sp³-hybridized carbons (Fsp3) is 0.250. The second kappa shape index (κ2) is 5.19. The van der Waals surface area contributed by atoms with Crippen LogP contribution in [0.2, 0.25) is 0 Å². The molecule has 0 atom stereocenters. The average molecular weight is 244 g/mol. The minimum absolute atomic E-state index is 0.162. The summed E-state index contributed by atoms with van der Waals surface area (Å²) in [6, 6.07) is 7.50. The van der Waals surface area contributed by atoms with E-state index in [4.69, 9.17) is 14.7 Å². The molecule has 18 heavy (non-hydrogen) atoms. The number of methoxy groups -OCH3 is 2. The van der Waals surface area contributed by atoms with Crippen LogP contribution in [0.1, 0.15) is 11.4 Å². The summed E-state index contributed by atoms with van der Waals surface area (Å²) in [4.78, 5) is 3.84. The zero-order valence-corrected chi connectivity index (χ0v) is 10.1. The molecule has 0 bridgehead atoms. The Morgan fingerprint density at radius 2 is 2.06 bits per heavy atom. The molecule has 6 nitrogen and oxygen atoms in total. The predicted molar refractivity (Wildman–Crippen MR) is 63.4 cm³/mol. The molecular formula is C12H12N4O2. The highest BCUT2D eigenvalue weighted by molar-refractivity contribution is 5.42. The molecule has 6 heteroatoms. The van der Waals surface area contributed by atoms with Crippen LogP contribution in [0.5, 0.6) is 11.5 Å². The number of rotatable bonds is 4. The summed E-state index contributed by atoms with van der Waals surface area (Å²) in [5.74, 6) is 1.50. The van der Waals surface area contributed by atoms with Crippen LogP contribution in [0.4, 0.5) is 0 Å². The van der Waals surface area contributed by atoms with Gasteiger partial charge in [-0.2, -0.15) is 5.26 Å². The Morgan fingerprint density at radius 1 is 1.28 bits per heavy atom. The van der Waals surface area contributed by atoms with Gasteiger partial charge in [-0.3, -0.25) is 0 Å². The monoisotopic (exact) mass is 244 g/mol. The lowest BCUT2D eigenvalue weighted by molar-refractivity contribution is 0.354. The van der Waals surface area contributed by atoms with Crippen molar-refractivity contribution in [1.29, 1.82) is 5.26 Å². The fourth-order valence-electron chi connectivity index (χ4n) is 1.59. The van der Waals surface area contributed by atoms with E-state index < -0.39 is 0 Å². The van der Waals surface area contributed by atoms with E-state index in [1.54, 1.807) is 18.9 Å². The number of nitrogens with zero attached hydrogens (tertiary/aromatic N) is 4. The number of nitriles is 1. The van der Waals surface area contributed by atoms with Crippen LogP contribution in [0, 0.1) is 11.3 Å². The zero-order valence-electron chi connectivity index (χ0n) is 10.1. The third-order valence-electron chi connectivity index (χ3n) is 2.43. The van der Waals surface area contributed by atoms with E-state index in [-0.39, 0.29) is 5.82 Å². The van der Waals surface area contributed by atoms with Crippen molar-refractivity contribution in [3.8, 4) is 17.6 Å². The highest BCUT2D eigenvalue weighted by Gasteiger charge is 2.06. The lowest BCUT2D eigenvalue weighted by Gasteiger charge is -2.09. The molecule has 0 saturated heterocycles. The van der Waals surface area contributed by atoms with Gasteiger partial charge in [0.25, 0.3) is 5.82 Å². The van der Waals surface area contributed by atoms with Gasteiger partial charge in [0, 0.05) is 0 Å². The minimum Gasteiger partial charge on any atom is -0.493 e. The minimum atomic E-state index is 0.162. The van der Waals surface area contributed by atoms with Gasteiger partial charge in [-0.15, -0.1) is 5.10 Å². The molecule has 0 aliphatic carbocycles. The van der Waals surface area contributed by atoms with Crippen LogP contribution >= 0.6 is 0 Å². The van der Waals surface area contributed by atoms with Crippen LogP contribution in [0.3, 0.4) is 0 Å². The Labute approximate surface area is 104 Å². The molecule has 1 aromatic carbocycles. The first kappa shape index (κ1) is 11.9. The molecular weight excluding hydrogens is 232 g/mol. The van der Waals surface area contributed by atoms with E-state index in [0.29, 0.717) is 18.0 Å². The molecule has 0 N–H and O–H groups in total. The van der Waals surface area contributed by atoms with Crippen molar-refractivity contribution in [2.24, 2.45) is 0 Å². The van der Waals surface area contributed by atoms with Crippen molar-refractivity contribution in [3.63, 3.8) is 0 Å². The topological polar surface area (TPSA) is 73.0 Å². The van der Waals surface area contributed by atoms with E-state index in [1.807, 2.05) is 24.3 Å². The summed E-state index contributed by atoms with van der Waals surface area (Å²) >= 11 is 0. The maximum absolute atomic E-state index is 8.64. The van der Waals surface area contributed by atoms with E-state index >= 15 is 0 Å². The van der Waals surface area contributed by atoms with E-state index in [0.717, 1.165) is 5.56 Å². The third-order valence-corrected chi connectivity index (χ3v) is 2.43. The number of hydrogen-bond acceptors (Lipinski definition) is 5. The Hall–Kier alpha value is -2.55. The molecule has 2 rings (SSSR count). The zero-order chi connectivity index (χ0) is 13.0. The van der Waals surface area contributed by atoms with Crippen LogP contribution in [-0.2, 0) is 6.54 Å². The van der Waals surface area contributed by atoms with Gasteiger partial charge < -0.3 is 9.47 Å². The van der Waals surface area contributed by atoms with Crippen molar-refractivity contribution in [2.75, 3.05) is 14.2 Å². The number of benzene rings is 1. The van der Waals surface area contributed by atoms with Gasteiger partial charge in [0.15, 0.2) is 11.5 Å². The quantitative estimate of drug-likeness (QED) is 0.808. The van der Waals surface area contributed by atoms with Crippen molar-refractivity contribution in [2.45, 2.75) is 6.54 Å². The average Bonchev–Trinajstić information content (AvgIpc) is 2.86. The molecule has 0 radical (unpaired) electrons. The maximum Gasteiger partial charge on any atom is 0.252 e. The van der Waals surface area contributed by atoms with Gasteiger partial charge in [0.1, 0.15) is 12.4 Å². The van der Waals surface area contributed by atoms with Crippen LogP contribution < -0.4 is 9.47 Å². The summed E-state index contributed by atoms with van der Waals surface area (Å²) in [6.45, 7) is 0.523. The number of aromatic nitrogens is 3. The van der Waals surface area contributed by atoms with E-state index in [2.05, 4.69) is 10.1 Å². The molecule has 2 aromatic rings. The van der Waals surface area contributed by atoms with Crippen molar-refractivity contribution in [3.05, 3.63) is 35.9 Å². The molecule has 1 heterocycles. The lowest BCUT2D eigenvalue weighted by Crippen LogP contribution is -2.01. The van der Waals surface area contributed by atoms with Gasteiger partial charge >= 0.3 is 0 Å². The fourth-order valence-corrected chi connectivity index (χ4v) is 1.59. The molecule has 0 saturated carbocycles. The highest BCUT2D eigenvalue weighted by atomic mass is 16.5. The van der Waals surface area contributed by atoms with Crippen LogP contribution in [-0.4, -0.2) is 29.0 Å². The summed E-state index contributed by atoms with van der Waals surface area (Å²) in [7, 11) is 3.18. The predicted octanol–water partition coefficient (Wildman–Crippen LogP) is 1.22. The molecule has 0 aliphatic rings. The van der Waals surface area contributed by atoms with Crippen LogP contribution in [0.15, 0.2) is 24.5 Å². The first-order valence-corrected chi connectivity index (χ1v) is 5.27. The van der Waals surface area contributed by atoms with Crippen molar-refractivity contribution in [1.82, 2.24) is 14.8 Å². The summed E-state index contributed by atoms with van der Waals surface area (Å²) < 4.78 is 12.0. The molecule has 0 spiro atoms. The van der Waals surface area contributed by atoms with Gasteiger partial charge in [-0.1, -0.05) is 6.07 Å². The van der Waals surface area contributed by atoms with Crippen LogP contribution in [0.25, 0.3) is 0 Å². The van der Waals surface area contributed by atoms with Crippen molar-refractivity contribution < 1.29 is 9.47 Å².